The lowest BCUT2D eigenvalue weighted by molar-refractivity contribution is -0.137. The van der Waals surface area contributed by atoms with Gasteiger partial charge in [-0.3, -0.25) is 4.98 Å². The van der Waals surface area contributed by atoms with Gasteiger partial charge in [0.1, 0.15) is 11.5 Å². The van der Waals surface area contributed by atoms with E-state index in [9.17, 15) is 22.7 Å². The number of nitrogens with one attached hydrogen (secondary N) is 1. The second-order valence-electron chi connectivity index (χ2n) is 7.72. The van der Waals surface area contributed by atoms with Crippen molar-refractivity contribution >= 4 is 11.0 Å². The van der Waals surface area contributed by atoms with Gasteiger partial charge >= 0.3 is 6.18 Å². The lowest BCUT2D eigenvalue weighted by atomic mass is 10.0. The molecule has 0 bridgehead atoms. The van der Waals surface area contributed by atoms with Crippen LogP contribution in [0.25, 0.3) is 28.2 Å². The maximum atomic E-state index is 13.2. The van der Waals surface area contributed by atoms with E-state index in [0.29, 0.717) is 40.7 Å². The Morgan fingerprint density at radius 1 is 0.941 bits per heavy atom. The number of nitrogens with zero attached hydrogens (tertiary/aromatic N) is 4. The summed E-state index contributed by atoms with van der Waals surface area (Å²) < 4.78 is 53.5. The lowest BCUT2D eigenvalue weighted by Gasteiger charge is -2.08. The van der Waals surface area contributed by atoms with Crippen LogP contribution in [0.1, 0.15) is 16.7 Å². The minimum atomic E-state index is -4.46. The van der Waals surface area contributed by atoms with Gasteiger partial charge in [-0.05, 0) is 48.7 Å². The number of aromatic nitrogens is 5. The SMILES string of the molecule is Oc1c(CCc2ccc(F)cc2)c(-c2ccc(C(F)(F)F)cc2)nn1-c1nc2ccncc2[nH]1. The molecule has 0 aliphatic carbocycles. The van der Waals surface area contributed by atoms with E-state index in [-0.39, 0.29) is 17.6 Å². The van der Waals surface area contributed by atoms with Crippen molar-refractivity contribution in [1.82, 2.24) is 24.7 Å². The van der Waals surface area contributed by atoms with Crippen molar-refractivity contribution in [3.63, 3.8) is 0 Å². The van der Waals surface area contributed by atoms with E-state index < -0.39 is 11.7 Å². The predicted molar refractivity (Wildman–Crippen MR) is 117 cm³/mol. The van der Waals surface area contributed by atoms with Crippen molar-refractivity contribution in [3.05, 3.63) is 89.5 Å². The molecule has 6 nitrogen and oxygen atoms in total. The Hall–Kier alpha value is -4.21. The number of rotatable bonds is 5. The highest BCUT2D eigenvalue weighted by atomic mass is 19.4. The van der Waals surface area contributed by atoms with E-state index in [4.69, 9.17) is 0 Å². The second-order valence-corrected chi connectivity index (χ2v) is 7.72. The summed E-state index contributed by atoms with van der Waals surface area (Å²) >= 11 is 0. The van der Waals surface area contributed by atoms with Crippen LogP contribution >= 0.6 is 0 Å². The molecule has 0 amide bonds. The largest absolute Gasteiger partial charge is 0.493 e. The molecular weight excluding hydrogens is 450 g/mol. The molecule has 5 rings (SSSR count). The molecule has 0 fully saturated rings. The van der Waals surface area contributed by atoms with Crippen molar-refractivity contribution < 1.29 is 22.7 Å². The van der Waals surface area contributed by atoms with Gasteiger partial charge in [-0.1, -0.05) is 24.3 Å². The molecule has 2 N–H and O–H groups in total. The number of H-pyrrole nitrogens is 1. The number of benzene rings is 2. The van der Waals surface area contributed by atoms with E-state index in [1.807, 2.05) is 0 Å². The molecule has 0 saturated carbocycles. The maximum Gasteiger partial charge on any atom is 0.416 e. The summed E-state index contributed by atoms with van der Waals surface area (Å²) in [6.07, 6.45) is -0.531. The first kappa shape index (κ1) is 21.6. The van der Waals surface area contributed by atoms with Gasteiger partial charge in [0.25, 0.3) is 0 Å². The molecule has 172 valence electrons. The Balaban J connectivity index is 1.57. The number of imidazole rings is 1. The number of alkyl halides is 3. The Bertz CT molecular complexity index is 1420. The average molecular weight is 467 g/mol. The molecule has 5 aromatic rings. The van der Waals surface area contributed by atoms with Crippen molar-refractivity contribution in [2.24, 2.45) is 0 Å². The Morgan fingerprint density at radius 2 is 1.68 bits per heavy atom. The maximum absolute atomic E-state index is 13.2. The summed E-state index contributed by atoms with van der Waals surface area (Å²) in [5.74, 6) is -0.310. The molecular formula is C24H17F4N5O. The number of hydrogen-bond acceptors (Lipinski definition) is 4. The molecule has 0 aliphatic heterocycles. The smallest absolute Gasteiger partial charge is 0.416 e. The number of pyridine rings is 1. The first-order chi connectivity index (χ1) is 16.3. The van der Waals surface area contributed by atoms with Crippen LogP contribution in [-0.4, -0.2) is 29.8 Å². The third-order valence-corrected chi connectivity index (χ3v) is 5.49. The molecule has 0 atom stereocenters. The van der Waals surface area contributed by atoms with Crippen LogP contribution in [0.4, 0.5) is 17.6 Å². The molecule has 0 saturated heterocycles. The normalized spacial score (nSPS) is 11.9. The number of aryl methyl sites for hydroxylation is 1. The summed E-state index contributed by atoms with van der Waals surface area (Å²) in [6, 6.07) is 12.3. The van der Waals surface area contributed by atoms with Crippen LogP contribution in [0.5, 0.6) is 5.88 Å². The molecule has 10 heteroatoms. The van der Waals surface area contributed by atoms with Crippen LogP contribution in [0.3, 0.4) is 0 Å². The zero-order valence-electron chi connectivity index (χ0n) is 17.5. The minimum absolute atomic E-state index is 0.191. The van der Waals surface area contributed by atoms with Gasteiger partial charge in [0.15, 0.2) is 0 Å². The summed E-state index contributed by atoms with van der Waals surface area (Å²) in [7, 11) is 0. The Labute approximate surface area is 190 Å². The van der Waals surface area contributed by atoms with Crippen LogP contribution in [0, 0.1) is 5.82 Å². The van der Waals surface area contributed by atoms with Crippen LogP contribution < -0.4 is 0 Å². The molecule has 0 radical (unpaired) electrons. The third-order valence-electron chi connectivity index (χ3n) is 5.49. The van der Waals surface area contributed by atoms with Gasteiger partial charge in [0.2, 0.25) is 11.8 Å². The number of aromatic hydroxyl groups is 1. The Kier molecular flexibility index (Phi) is 5.27. The van der Waals surface area contributed by atoms with E-state index in [1.165, 1.54) is 28.9 Å². The number of aromatic amines is 1. The van der Waals surface area contributed by atoms with Gasteiger partial charge in [0, 0.05) is 17.3 Å². The van der Waals surface area contributed by atoms with Crippen molar-refractivity contribution in [3.8, 4) is 23.1 Å². The summed E-state index contributed by atoms with van der Waals surface area (Å²) in [5, 5.41) is 15.5. The number of hydrogen-bond donors (Lipinski definition) is 2. The highest BCUT2D eigenvalue weighted by molar-refractivity contribution is 5.75. The van der Waals surface area contributed by atoms with Gasteiger partial charge in [0.05, 0.1) is 22.8 Å². The molecule has 3 aromatic heterocycles. The molecule has 0 spiro atoms. The zero-order valence-corrected chi connectivity index (χ0v) is 17.5. The fourth-order valence-corrected chi connectivity index (χ4v) is 3.73. The third kappa shape index (κ3) is 4.09. The molecule has 34 heavy (non-hydrogen) atoms. The highest BCUT2D eigenvalue weighted by Gasteiger charge is 2.30. The van der Waals surface area contributed by atoms with Crippen molar-refractivity contribution in [2.45, 2.75) is 19.0 Å². The Morgan fingerprint density at radius 3 is 2.35 bits per heavy atom. The quantitative estimate of drug-likeness (QED) is 0.337. The topological polar surface area (TPSA) is 79.6 Å². The zero-order chi connectivity index (χ0) is 23.9. The van der Waals surface area contributed by atoms with Crippen LogP contribution in [-0.2, 0) is 19.0 Å². The highest BCUT2D eigenvalue weighted by Crippen LogP contribution is 2.35. The van der Waals surface area contributed by atoms with E-state index in [1.54, 1.807) is 30.6 Å². The molecule has 3 heterocycles. The van der Waals surface area contributed by atoms with Gasteiger partial charge in [-0.2, -0.15) is 23.0 Å². The fraction of sp³-hybridized carbons (Fsp3) is 0.125. The molecule has 2 aromatic carbocycles. The van der Waals surface area contributed by atoms with E-state index in [2.05, 4.69) is 20.1 Å². The second kappa shape index (κ2) is 8.29. The van der Waals surface area contributed by atoms with Gasteiger partial charge in [-0.25, -0.2) is 9.37 Å². The monoisotopic (exact) mass is 467 g/mol. The van der Waals surface area contributed by atoms with Gasteiger partial charge in [-0.15, -0.1) is 0 Å². The van der Waals surface area contributed by atoms with Crippen molar-refractivity contribution in [2.75, 3.05) is 0 Å². The standard InChI is InChI=1S/C24H17F4N5O/c25-17-8-1-14(2-9-17)3-10-18-21(15-4-6-16(7-5-15)24(26,27)28)32-33(22(18)34)23-30-19-11-12-29-13-20(19)31-23/h1-2,4-9,11-13,34H,3,10H2,(H,30,31). The number of fused-ring (bicyclic) bond motifs is 1. The van der Waals surface area contributed by atoms with Crippen LogP contribution in [0.15, 0.2) is 67.0 Å². The first-order valence-corrected chi connectivity index (χ1v) is 10.3. The minimum Gasteiger partial charge on any atom is -0.493 e. The molecule has 0 aliphatic rings. The lowest BCUT2D eigenvalue weighted by Crippen LogP contribution is -2.04. The van der Waals surface area contributed by atoms with E-state index >= 15 is 0 Å². The van der Waals surface area contributed by atoms with Gasteiger partial charge < -0.3 is 10.1 Å². The summed E-state index contributed by atoms with van der Waals surface area (Å²) in [5.41, 5.74) is 2.47. The summed E-state index contributed by atoms with van der Waals surface area (Å²) in [6.45, 7) is 0. The summed E-state index contributed by atoms with van der Waals surface area (Å²) in [4.78, 5) is 11.5. The number of halogens is 4. The van der Waals surface area contributed by atoms with Crippen LogP contribution in [0.2, 0.25) is 0 Å². The van der Waals surface area contributed by atoms with E-state index in [0.717, 1.165) is 17.7 Å². The fourth-order valence-electron chi connectivity index (χ4n) is 3.73. The first-order valence-electron chi connectivity index (χ1n) is 10.3. The average Bonchev–Trinajstić information content (AvgIpc) is 3.39. The van der Waals surface area contributed by atoms with Crippen molar-refractivity contribution in [1.29, 1.82) is 0 Å². The predicted octanol–water partition coefficient (Wildman–Crippen LogP) is 5.46. The molecule has 0 unspecified atom stereocenters.